The van der Waals surface area contributed by atoms with Crippen molar-refractivity contribution in [3.8, 4) is 0 Å². The van der Waals surface area contributed by atoms with Crippen molar-refractivity contribution in [1.82, 2.24) is 9.55 Å². The number of H-pyrrole nitrogens is 1. The Morgan fingerprint density at radius 3 is 2.81 bits per heavy atom. The second kappa shape index (κ2) is 8.58. The SMILES string of the molecule is Cc1cc(C(=O)COC(=O)c2ccc3[nH]c4c(c3c2)CCCC4)c(C)n1CC1CCCO1. The van der Waals surface area contributed by atoms with Crippen LogP contribution in [0.1, 0.15) is 69.0 Å². The van der Waals surface area contributed by atoms with E-state index < -0.39 is 5.97 Å². The Morgan fingerprint density at radius 2 is 2.00 bits per heavy atom. The molecule has 1 aliphatic heterocycles. The van der Waals surface area contributed by atoms with Gasteiger partial charge in [-0.15, -0.1) is 0 Å². The highest BCUT2D eigenvalue weighted by atomic mass is 16.5. The molecule has 1 atom stereocenters. The van der Waals surface area contributed by atoms with Gasteiger partial charge in [-0.1, -0.05) is 0 Å². The molecule has 168 valence electrons. The largest absolute Gasteiger partial charge is 0.454 e. The van der Waals surface area contributed by atoms with Crippen LogP contribution in [0.15, 0.2) is 24.3 Å². The molecule has 1 saturated heterocycles. The Morgan fingerprint density at radius 1 is 1.16 bits per heavy atom. The average molecular weight is 435 g/mol. The van der Waals surface area contributed by atoms with Gasteiger partial charge in [-0.25, -0.2) is 4.79 Å². The molecule has 32 heavy (non-hydrogen) atoms. The van der Waals surface area contributed by atoms with Crippen LogP contribution in [0.2, 0.25) is 0 Å². The Bertz CT molecular complexity index is 1180. The number of ether oxygens (including phenoxy) is 2. The predicted molar refractivity (Wildman–Crippen MR) is 122 cm³/mol. The average Bonchev–Trinajstić information content (AvgIpc) is 3.51. The van der Waals surface area contributed by atoms with Crippen molar-refractivity contribution in [1.29, 1.82) is 0 Å². The van der Waals surface area contributed by atoms with Crippen LogP contribution in [0.4, 0.5) is 0 Å². The molecule has 1 unspecified atom stereocenters. The van der Waals surface area contributed by atoms with Gasteiger partial charge in [0.15, 0.2) is 6.61 Å². The van der Waals surface area contributed by atoms with E-state index in [4.69, 9.17) is 9.47 Å². The van der Waals surface area contributed by atoms with Gasteiger partial charge in [0.2, 0.25) is 5.78 Å². The van der Waals surface area contributed by atoms with Crippen molar-refractivity contribution in [2.45, 2.75) is 65.0 Å². The predicted octanol–water partition coefficient (Wildman–Crippen LogP) is 4.68. The van der Waals surface area contributed by atoms with Gasteiger partial charge in [0.25, 0.3) is 0 Å². The number of carbonyl (C=O) groups is 2. The number of hydrogen-bond donors (Lipinski definition) is 1. The zero-order chi connectivity index (χ0) is 22.2. The minimum atomic E-state index is -0.459. The lowest BCUT2D eigenvalue weighted by molar-refractivity contribution is 0.0474. The van der Waals surface area contributed by atoms with Crippen LogP contribution in [0.3, 0.4) is 0 Å². The molecule has 0 spiro atoms. The zero-order valence-corrected chi connectivity index (χ0v) is 18.8. The summed E-state index contributed by atoms with van der Waals surface area (Å²) in [6.45, 7) is 5.25. The number of Topliss-reactive ketones (excluding diaryl/α,β-unsaturated/α-hetero) is 1. The molecule has 1 N–H and O–H groups in total. The first-order valence-electron chi connectivity index (χ1n) is 11.6. The van der Waals surface area contributed by atoms with E-state index in [0.29, 0.717) is 11.1 Å². The summed E-state index contributed by atoms with van der Waals surface area (Å²) in [5, 5.41) is 1.10. The number of aromatic nitrogens is 2. The third-order valence-electron chi connectivity index (χ3n) is 6.95. The van der Waals surface area contributed by atoms with Crippen LogP contribution in [0.5, 0.6) is 0 Å². The number of aromatic amines is 1. The lowest BCUT2D eigenvalue weighted by Crippen LogP contribution is -2.18. The fourth-order valence-electron chi connectivity index (χ4n) is 5.18. The van der Waals surface area contributed by atoms with Crippen LogP contribution in [-0.4, -0.2) is 40.6 Å². The lowest BCUT2D eigenvalue weighted by Gasteiger charge is -2.14. The van der Waals surface area contributed by atoms with Crippen molar-refractivity contribution in [2.75, 3.05) is 13.2 Å². The third kappa shape index (κ3) is 3.88. The second-order valence-electron chi connectivity index (χ2n) is 9.08. The molecule has 1 aromatic carbocycles. The summed E-state index contributed by atoms with van der Waals surface area (Å²) in [6.07, 6.45) is 6.81. The lowest BCUT2D eigenvalue weighted by atomic mass is 9.95. The maximum Gasteiger partial charge on any atom is 0.338 e. The summed E-state index contributed by atoms with van der Waals surface area (Å²) in [4.78, 5) is 29.0. The summed E-state index contributed by atoms with van der Waals surface area (Å²) < 4.78 is 13.3. The minimum absolute atomic E-state index is 0.176. The molecule has 0 radical (unpaired) electrons. The van der Waals surface area contributed by atoms with Gasteiger partial charge in [-0.3, -0.25) is 4.79 Å². The first-order valence-corrected chi connectivity index (χ1v) is 11.6. The van der Waals surface area contributed by atoms with E-state index in [1.165, 1.54) is 24.1 Å². The normalized spacial score (nSPS) is 18.1. The van der Waals surface area contributed by atoms with Crippen LogP contribution < -0.4 is 0 Å². The van der Waals surface area contributed by atoms with Gasteiger partial charge in [-0.05, 0) is 82.2 Å². The fraction of sp³-hybridized carbons (Fsp3) is 0.462. The second-order valence-corrected chi connectivity index (χ2v) is 9.08. The van der Waals surface area contributed by atoms with Gasteiger partial charge in [0, 0.05) is 46.7 Å². The van der Waals surface area contributed by atoms with Gasteiger partial charge in [0.1, 0.15) is 0 Å². The number of aryl methyl sites for hydroxylation is 3. The van der Waals surface area contributed by atoms with Crippen molar-refractivity contribution in [3.05, 3.63) is 58.0 Å². The number of fused-ring (bicyclic) bond motifs is 3. The highest BCUT2D eigenvalue weighted by Gasteiger charge is 2.22. The van der Waals surface area contributed by atoms with Crippen LogP contribution in [-0.2, 0) is 28.9 Å². The first-order chi connectivity index (χ1) is 15.5. The van der Waals surface area contributed by atoms with Gasteiger partial charge >= 0.3 is 5.97 Å². The number of hydrogen-bond acceptors (Lipinski definition) is 4. The van der Waals surface area contributed by atoms with E-state index in [-0.39, 0.29) is 18.5 Å². The quantitative estimate of drug-likeness (QED) is 0.451. The Kier molecular flexibility index (Phi) is 5.64. The smallest absolute Gasteiger partial charge is 0.338 e. The monoisotopic (exact) mass is 434 g/mol. The van der Waals surface area contributed by atoms with Crippen LogP contribution in [0.25, 0.3) is 10.9 Å². The number of nitrogens with zero attached hydrogens (tertiary/aromatic N) is 1. The fourth-order valence-corrected chi connectivity index (χ4v) is 5.18. The number of esters is 1. The molecular weight excluding hydrogens is 404 g/mol. The van der Waals surface area contributed by atoms with Gasteiger partial charge < -0.3 is 19.0 Å². The molecule has 1 aliphatic carbocycles. The number of nitrogens with one attached hydrogen (secondary N) is 1. The summed E-state index contributed by atoms with van der Waals surface area (Å²) in [7, 11) is 0. The molecule has 6 heteroatoms. The zero-order valence-electron chi connectivity index (χ0n) is 18.8. The van der Waals surface area contributed by atoms with Gasteiger partial charge in [0.05, 0.1) is 11.7 Å². The highest BCUT2D eigenvalue weighted by molar-refractivity contribution is 6.01. The molecule has 6 nitrogen and oxygen atoms in total. The summed E-state index contributed by atoms with van der Waals surface area (Å²) in [6, 6.07) is 7.49. The molecule has 0 amide bonds. The van der Waals surface area contributed by atoms with E-state index in [1.54, 1.807) is 6.07 Å². The molecule has 0 saturated carbocycles. The molecular formula is C26H30N2O4. The number of ketones is 1. The van der Waals surface area contributed by atoms with Crippen molar-refractivity contribution < 1.29 is 19.1 Å². The molecule has 0 bridgehead atoms. The van der Waals surface area contributed by atoms with E-state index in [9.17, 15) is 9.59 Å². The molecule has 1 fully saturated rings. The Balaban J connectivity index is 1.27. The van der Waals surface area contributed by atoms with E-state index in [1.807, 2.05) is 32.0 Å². The molecule has 5 rings (SSSR count). The number of benzene rings is 1. The molecule has 2 aromatic heterocycles. The van der Waals surface area contributed by atoms with Crippen LogP contribution in [0, 0.1) is 13.8 Å². The Labute approximate surface area is 187 Å². The standard InChI is InChI=1S/C26H30N2O4/c1-16-12-21(17(2)28(16)14-19-6-5-11-31-19)25(29)15-32-26(30)18-9-10-24-22(13-18)20-7-3-4-8-23(20)27-24/h9-10,12-13,19,27H,3-8,11,14-15H2,1-2H3. The van der Waals surface area contributed by atoms with E-state index >= 15 is 0 Å². The van der Waals surface area contributed by atoms with E-state index in [2.05, 4.69) is 9.55 Å². The highest BCUT2D eigenvalue weighted by Crippen LogP contribution is 2.30. The van der Waals surface area contributed by atoms with Crippen molar-refractivity contribution >= 4 is 22.7 Å². The minimum Gasteiger partial charge on any atom is -0.454 e. The van der Waals surface area contributed by atoms with Crippen LogP contribution >= 0.6 is 0 Å². The maximum atomic E-state index is 12.8. The molecule has 3 heterocycles. The van der Waals surface area contributed by atoms with Crippen molar-refractivity contribution in [2.24, 2.45) is 0 Å². The summed E-state index contributed by atoms with van der Waals surface area (Å²) >= 11 is 0. The number of rotatable bonds is 6. The first kappa shape index (κ1) is 21.0. The summed E-state index contributed by atoms with van der Waals surface area (Å²) in [5.74, 6) is -0.635. The maximum absolute atomic E-state index is 12.8. The summed E-state index contributed by atoms with van der Waals surface area (Å²) in [5.41, 5.74) is 6.68. The van der Waals surface area contributed by atoms with Gasteiger partial charge in [-0.2, -0.15) is 0 Å². The third-order valence-corrected chi connectivity index (χ3v) is 6.95. The number of carbonyl (C=O) groups excluding carboxylic acids is 2. The van der Waals surface area contributed by atoms with E-state index in [0.717, 1.165) is 61.1 Å². The van der Waals surface area contributed by atoms with Crippen molar-refractivity contribution in [3.63, 3.8) is 0 Å². The Hall–Kier alpha value is -2.86. The molecule has 3 aromatic rings. The molecule has 2 aliphatic rings. The topological polar surface area (TPSA) is 73.3 Å².